The van der Waals surface area contributed by atoms with Gasteiger partial charge in [0, 0.05) is 10.8 Å². The van der Waals surface area contributed by atoms with Crippen molar-refractivity contribution in [3.8, 4) is 11.1 Å². The Kier molecular flexibility index (Phi) is 3.51. The van der Waals surface area contributed by atoms with E-state index in [0.29, 0.717) is 0 Å². The van der Waals surface area contributed by atoms with Crippen LogP contribution in [0, 0.1) is 0 Å². The molecule has 1 aromatic heterocycles. The SMILES string of the molecule is CCc1c2ccccc2c(-c2cccc3oc4ccccc4c23)c2ccccc12. The number of para-hydroxylation sites is 1. The van der Waals surface area contributed by atoms with E-state index in [4.69, 9.17) is 4.42 Å². The van der Waals surface area contributed by atoms with Gasteiger partial charge in [0.2, 0.25) is 0 Å². The molecule has 138 valence electrons. The predicted molar refractivity (Wildman–Crippen MR) is 124 cm³/mol. The Morgan fingerprint density at radius 2 is 1.10 bits per heavy atom. The quantitative estimate of drug-likeness (QED) is 0.280. The van der Waals surface area contributed by atoms with Gasteiger partial charge in [-0.05, 0) is 56.8 Å². The topological polar surface area (TPSA) is 13.1 Å². The summed E-state index contributed by atoms with van der Waals surface area (Å²) in [4.78, 5) is 0. The van der Waals surface area contributed by atoms with Gasteiger partial charge in [0.25, 0.3) is 0 Å². The Morgan fingerprint density at radius 3 is 1.76 bits per heavy atom. The molecule has 0 N–H and O–H groups in total. The number of furan rings is 1. The van der Waals surface area contributed by atoms with Gasteiger partial charge in [0.05, 0.1) is 0 Å². The smallest absolute Gasteiger partial charge is 0.136 e. The van der Waals surface area contributed by atoms with Crippen LogP contribution in [0.3, 0.4) is 0 Å². The number of aryl methyl sites for hydroxylation is 1. The molecule has 0 bridgehead atoms. The first-order valence-electron chi connectivity index (χ1n) is 10.2. The van der Waals surface area contributed by atoms with Crippen LogP contribution in [-0.2, 0) is 6.42 Å². The fraction of sp³-hybridized carbons (Fsp3) is 0.0714. The van der Waals surface area contributed by atoms with E-state index in [0.717, 1.165) is 17.6 Å². The van der Waals surface area contributed by atoms with Crippen LogP contribution in [0.2, 0.25) is 0 Å². The van der Waals surface area contributed by atoms with Gasteiger partial charge in [-0.1, -0.05) is 85.8 Å². The molecule has 1 heterocycles. The van der Waals surface area contributed by atoms with E-state index in [1.54, 1.807) is 0 Å². The van der Waals surface area contributed by atoms with Crippen molar-refractivity contribution in [3.63, 3.8) is 0 Å². The highest BCUT2D eigenvalue weighted by atomic mass is 16.3. The van der Waals surface area contributed by atoms with Gasteiger partial charge in [-0.3, -0.25) is 0 Å². The third kappa shape index (κ3) is 2.28. The van der Waals surface area contributed by atoms with Crippen LogP contribution in [0.25, 0.3) is 54.6 Å². The highest BCUT2D eigenvalue weighted by molar-refractivity contribution is 6.22. The lowest BCUT2D eigenvalue weighted by Crippen LogP contribution is -1.92. The van der Waals surface area contributed by atoms with E-state index >= 15 is 0 Å². The summed E-state index contributed by atoms with van der Waals surface area (Å²) < 4.78 is 6.18. The molecule has 0 aliphatic heterocycles. The van der Waals surface area contributed by atoms with Crippen molar-refractivity contribution >= 4 is 43.5 Å². The molecular formula is C28H20O. The summed E-state index contributed by atoms with van der Waals surface area (Å²) in [6, 6.07) is 32.4. The molecule has 0 aliphatic carbocycles. The number of benzene rings is 5. The molecule has 6 rings (SSSR count). The molecule has 0 fully saturated rings. The van der Waals surface area contributed by atoms with Gasteiger partial charge in [-0.25, -0.2) is 0 Å². The molecular weight excluding hydrogens is 352 g/mol. The highest BCUT2D eigenvalue weighted by Crippen LogP contribution is 2.44. The molecule has 1 heteroatoms. The van der Waals surface area contributed by atoms with Crippen LogP contribution in [0.5, 0.6) is 0 Å². The molecule has 0 saturated carbocycles. The van der Waals surface area contributed by atoms with Crippen LogP contribution in [0.4, 0.5) is 0 Å². The summed E-state index contributed by atoms with van der Waals surface area (Å²) in [5.41, 5.74) is 5.84. The average molecular weight is 372 g/mol. The minimum Gasteiger partial charge on any atom is -0.456 e. The van der Waals surface area contributed by atoms with Gasteiger partial charge in [-0.2, -0.15) is 0 Å². The van der Waals surface area contributed by atoms with E-state index in [-0.39, 0.29) is 0 Å². The van der Waals surface area contributed by atoms with Crippen LogP contribution < -0.4 is 0 Å². The number of hydrogen-bond donors (Lipinski definition) is 0. The Bertz CT molecular complexity index is 1480. The Hall–Kier alpha value is -3.58. The summed E-state index contributed by atoms with van der Waals surface area (Å²) in [5.74, 6) is 0. The van der Waals surface area contributed by atoms with Crippen molar-refractivity contribution in [1.82, 2.24) is 0 Å². The first-order chi connectivity index (χ1) is 14.4. The van der Waals surface area contributed by atoms with Gasteiger partial charge in [0.1, 0.15) is 11.2 Å². The molecule has 5 aromatic carbocycles. The molecule has 0 atom stereocenters. The largest absolute Gasteiger partial charge is 0.456 e. The van der Waals surface area contributed by atoms with Crippen LogP contribution >= 0.6 is 0 Å². The highest BCUT2D eigenvalue weighted by Gasteiger charge is 2.18. The minimum atomic E-state index is 0.939. The minimum absolute atomic E-state index is 0.939. The first kappa shape index (κ1) is 16.4. The summed E-state index contributed by atoms with van der Waals surface area (Å²) in [6.07, 6.45) is 1.01. The molecule has 0 unspecified atom stereocenters. The van der Waals surface area contributed by atoms with Crippen LogP contribution in [0.15, 0.2) is 95.4 Å². The van der Waals surface area contributed by atoms with Crippen LogP contribution in [-0.4, -0.2) is 0 Å². The molecule has 1 nitrogen and oxygen atoms in total. The van der Waals surface area contributed by atoms with Crippen molar-refractivity contribution in [2.24, 2.45) is 0 Å². The lowest BCUT2D eigenvalue weighted by atomic mass is 9.86. The molecule has 29 heavy (non-hydrogen) atoms. The number of hydrogen-bond acceptors (Lipinski definition) is 1. The van der Waals surface area contributed by atoms with Gasteiger partial charge in [0.15, 0.2) is 0 Å². The van der Waals surface area contributed by atoms with Gasteiger partial charge >= 0.3 is 0 Å². The van der Waals surface area contributed by atoms with Gasteiger partial charge < -0.3 is 4.42 Å². The van der Waals surface area contributed by atoms with Crippen molar-refractivity contribution in [2.75, 3.05) is 0 Å². The molecule has 6 aromatic rings. The van der Waals surface area contributed by atoms with Crippen molar-refractivity contribution < 1.29 is 4.42 Å². The lowest BCUT2D eigenvalue weighted by molar-refractivity contribution is 0.669. The summed E-state index contributed by atoms with van der Waals surface area (Å²) in [6.45, 7) is 2.25. The van der Waals surface area contributed by atoms with E-state index in [1.165, 1.54) is 49.0 Å². The standard InChI is InChI=1S/C28H20O/c1-2-18-19-10-3-5-12-21(19)27(22-13-6-4-11-20(18)22)24-15-9-17-26-28(24)23-14-7-8-16-25(23)29-26/h3-17H,2H2,1H3. The summed E-state index contributed by atoms with van der Waals surface area (Å²) in [5, 5.41) is 7.66. The molecule has 0 radical (unpaired) electrons. The maximum atomic E-state index is 6.18. The van der Waals surface area contributed by atoms with Crippen molar-refractivity contribution in [2.45, 2.75) is 13.3 Å². The second kappa shape index (κ2) is 6.22. The third-order valence-corrected chi connectivity index (χ3v) is 6.07. The second-order valence-corrected chi connectivity index (χ2v) is 7.58. The Labute approximate surface area is 169 Å². The monoisotopic (exact) mass is 372 g/mol. The maximum absolute atomic E-state index is 6.18. The molecule has 0 aliphatic rings. The zero-order chi connectivity index (χ0) is 19.4. The number of fused-ring (bicyclic) bond motifs is 5. The van der Waals surface area contributed by atoms with Gasteiger partial charge in [-0.15, -0.1) is 0 Å². The predicted octanol–water partition coefficient (Wildman–Crippen LogP) is 8.12. The lowest BCUT2D eigenvalue weighted by Gasteiger charge is -2.17. The average Bonchev–Trinajstić information content (AvgIpc) is 3.16. The second-order valence-electron chi connectivity index (χ2n) is 7.58. The molecule has 0 amide bonds. The van der Waals surface area contributed by atoms with Crippen LogP contribution in [0.1, 0.15) is 12.5 Å². The Morgan fingerprint density at radius 1 is 0.552 bits per heavy atom. The summed E-state index contributed by atoms with van der Waals surface area (Å²) >= 11 is 0. The first-order valence-corrected chi connectivity index (χ1v) is 10.2. The van der Waals surface area contributed by atoms with Crippen molar-refractivity contribution in [1.29, 1.82) is 0 Å². The fourth-order valence-electron chi connectivity index (χ4n) is 4.87. The van der Waals surface area contributed by atoms with Crippen molar-refractivity contribution in [3.05, 3.63) is 96.6 Å². The molecule has 0 saturated heterocycles. The zero-order valence-corrected chi connectivity index (χ0v) is 16.3. The van der Waals surface area contributed by atoms with E-state index in [2.05, 4.69) is 91.9 Å². The normalized spacial score (nSPS) is 11.8. The Balaban J connectivity index is 1.88. The molecule has 0 spiro atoms. The van der Waals surface area contributed by atoms with E-state index in [9.17, 15) is 0 Å². The summed E-state index contributed by atoms with van der Waals surface area (Å²) in [7, 11) is 0. The van der Waals surface area contributed by atoms with E-state index < -0.39 is 0 Å². The number of rotatable bonds is 2. The zero-order valence-electron chi connectivity index (χ0n) is 16.3. The fourth-order valence-corrected chi connectivity index (χ4v) is 4.87. The maximum Gasteiger partial charge on any atom is 0.136 e. The third-order valence-electron chi connectivity index (χ3n) is 6.07. The van der Waals surface area contributed by atoms with E-state index in [1.807, 2.05) is 6.07 Å².